The number of hydrogen-bond donors (Lipinski definition) is 0. The molecular formula is C13H18ClN3S. The highest BCUT2D eigenvalue weighted by Crippen LogP contribution is 2.32. The molecule has 0 unspecified atom stereocenters. The number of aryl methyl sites for hydroxylation is 1. The number of thiophene rings is 1. The first-order chi connectivity index (χ1) is 8.26. The third kappa shape index (κ3) is 2.93. The van der Waals surface area contributed by atoms with Crippen LogP contribution in [0.5, 0.6) is 0 Å². The van der Waals surface area contributed by atoms with Crippen LogP contribution in [0, 0.1) is 12.3 Å². The number of nitrogens with zero attached hydrogens (tertiary/aromatic N) is 3. The van der Waals surface area contributed by atoms with Gasteiger partial charge in [-0.25, -0.2) is 4.98 Å². The van der Waals surface area contributed by atoms with Crippen molar-refractivity contribution in [2.75, 3.05) is 18.5 Å². The molecule has 0 radical (unpaired) electrons. The molecule has 2 aromatic heterocycles. The second-order valence-electron chi connectivity index (χ2n) is 5.81. The standard InChI is InChI=1S/C13H18ClN3S/c1-8-6-9-10(17(5)7-13(2,3)4)15-12(14)16-11(9)18-8/h6H,7H2,1-5H3. The summed E-state index contributed by atoms with van der Waals surface area (Å²) in [6, 6.07) is 2.13. The Morgan fingerprint density at radius 1 is 1.33 bits per heavy atom. The molecule has 2 aromatic rings. The molecule has 0 spiro atoms. The molecule has 0 saturated carbocycles. The van der Waals surface area contributed by atoms with Gasteiger partial charge >= 0.3 is 0 Å². The van der Waals surface area contributed by atoms with Gasteiger partial charge in [0.15, 0.2) is 0 Å². The molecule has 0 aromatic carbocycles. The van der Waals surface area contributed by atoms with E-state index in [1.165, 1.54) is 4.88 Å². The minimum atomic E-state index is 0.212. The van der Waals surface area contributed by atoms with E-state index in [0.29, 0.717) is 5.28 Å². The molecule has 0 atom stereocenters. The minimum Gasteiger partial charge on any atom is -0.358 e. The molecule has 0 bridgehead atoms. The van der Waals surface area contributed by atoms with Crippen molar-refractivity contribution in [2.45, 2.75) is 27.7 Å². The quantitative estimate of drug-likeness (QED) is 0.776. The number of halogens is 1. The van der Waals surface area contributed by atoms with Crippen molar-refractivity contribution in [3.05, 3.63) is 16.2 Å². The fourth-order valence-electron chi connectivity index (χ4n) is 2.08. The second kappa shape index (κ2) is 4.67. The zero-order chi connectivity index (χ0) is 13.5. The zero-order valence-electron chi connectivity index (χ0n) is 11.4. The molecule has 2 rings (SSSR count). The SMILES string of the molecule is Cc1cc2c(N(C)CC(C)(C)C)nc(Cl)nc2s1. The Labute approximate surface area is 117 Å². The van der Waals surface area contributed by atoms with Crippen LogP contribution in [0.1, 0.15) is 25.6 Å². The summed E-state index contributed by atoms with van der Waals surface area (Å²) >= 11 is 7.66. The fourth-order valence-corrected chi connectivity index (χ4v) is 3.17. The Hall–Kier alpha value is -0.870. The average molecular weight is 284 g/mol. The number of hydrogen-bond acceptors (Lipinski definition) is 4. The highest BCUT2D eigenvalue weighted by Gasteiger charge is 2.18. The third-order valence-electron chi connectivity index (χ3n) is 2.54. The van der Waals surface area contributed by atoms with Gasteiger partial charge in [0.05, 0.1) is 5.39 Å². The molecule has 98 valence electrons. The first kappa shape index (κ1) is 13.6. The normalized spacial score (nSPS) is 12.1. The van der Waals surface area contributed by atoms with Crippen LogP contribution in [-0.2, 0) is 0 Å². The van der Waals surface area contributed by atoms with Gasteiger partial charge in [0, 0.05) is 18.5 Å². The smallest absolute Gasteiger partial charge is 0.225 e. The van der Waals surface area contributed by atoms with E-state index in [0.717, 1.165) is 22.6 Å². The van der Waals surface area contributed by atoms with Crippen LogP contribution in [0.15, 0.2) is 6.07 Å². The van der Waals surface area contributed by atoms with Crippen LogP contribution in [-0.4, -0.2) is 23.6 Å². The zero-order valence-corrected chi connectivity index (χ0v) is 13.0. The van der Waals surface area contributed by atoms with Gasteiger partial charge in [0.1, 0.15) is 10.6 Å². The number of anilines is 1. The van der Waals surface area contributed by atoms with Crippen LogP contribution in [0.2, 0.25) is 5.28 Å². The van der Waals surface area contributed by atoms with Crippen LogP contribution in [0.4, 0.5) is 5.82 Å². The van der Waals surface area contributed by atoms with Crippen molar-refractivity contribution < 1.29 is 0 Å². The number of fused-ring (bicyclic) bond motifs is 1. The van der Waals surface area contributed by atoms with Crippen LogP contribution in [0.25, 0.3) is 10.2 Å². The van der Waals surface area contributed by atoms with Crippen molar-refractivity contribution in [1.29, 1.82) is 0 Å². The molecule has 0 aliphatic carbocycles. The molecule has 0 aliphatic rings. The Bertz CT molecular complexity index is 571. The van der Waals surface area contributed by atoms with Gasteiger partial charge in [-0.3, -0.25) is 0 Å². The van der Waals surface area contributed by atoms with Crippen LogP contribution < -0.4 is 4.90 Å². The maximum absolute atomic E-state index is 6.01. The van der Waals surface area contributed by atoms with E-state index in [9.17, 15) is 0 Å². The lowest BCUT2D eigenvalue weighted by Crippen LogP contribution is -2.29. The second-order valence-corrected chi connectivity index (χ2v) is 7.38. The molecule has 0 saturated heterocycles. The Morgan fingerprint density at radius 3 is 2.61 bits per heavy atom. The van der Waals surface area contributed by atoms with Crippen molar-refractivity contribution in [1.82, 2.24) is 9.97 Å². The van der Waals surface area contributed by atoms with Gasteiger partial charge in [0.25, 0.3) is 0 Å². The lowest BCUT2D eigenvalue weighted by atomic mass is 9.96. The summed E-state index contributed by atoms with van der Waals surface area (Å²) in [4.78, 5) is 13.0. The average Bonchev–Trinajstić information content (AvgIpc) is 2.53. The van der Waals surface area contributed by atoms with Crippen molar-refractivity contribution in [3.63, 3.8) is 0 Å². The Balaban J connectivity index is 2.49. The van der Waals surface area contributed by atoms with Crippen molar-refractivity contribution in [2.24, 2.45) is 5.41 Å². The molecule has 0 aliphatic heterocycles. The highest BCUT2D eigenvalue weighted by molar-refractivity contribution is 7.18. The summed E-state index contributed by atoms with van der Waals surface area (Å²) in [7, 11) is 2.05. The summed E-state index contributed by atoms with van der Waals surface area (Å²) in [6.07, 6.45) is 0. The van der Waals surface area contributed by atoms with Gasteiger partial charge in [0.2, 0.25) is 5.28 Å². The Kier molecular flexibility index (Phi) is 3.52. The van der Waals surface area contributed by atoms with E-state index >= 15 is 0 Å². The van der Waals surface area contributed by atoms with E-state index < -0.39 is 0 Å². The lowest BCUT2D eigenvalue weighted by molar-refractivity contribution is 0.418. The van der Waals surface area contributed by atoms with Crippen molar-refractivity contribution >= 4 is 39.0 Å². The lowest BCUT2D eigenvalue weighted by Gasteiger charge is -2.27. The molecule has 2 heterocycles. The highest BCUT2D eigenvalue weighted by atomic mass is 35.5. The van der Waals surface area contributed by atoms with Gasteiger partial charge in [-0.1, -0.05) is 20.8 Å². The maximum atomic E-state index is 6.01. The molecule has 5 heteroatoms. The van der Waals surface area contributed by atoms with E-state index in [1.54, 1.807) is 11.3 Å². The summed E-state index contributed by atoms with van der Waals surface area (Å²) < 4.78 is 0. The summed E-state index contributed by atoms with van der Waals surface area (Å²) in [6.45, 7) is 9.63. The number of rotatable bonds is 2. The van der Waals surface area contributed by atoms with Gasteiger partial charge in [-0.15, -0.1) is 11.3 Å². The predicted molar refractivity (Wildman–Crippen MR) is 79.9 cm³/mol. The van der Waals surface area contributed by atoms with Crippen LogP contribution in [0.3, 0.4) is 0 Å². The molecular weight excluding hydrogens is 266 g/mol. The molecule has 0 N–H and O–H groups in total. The topological polar surface area (TPSA) is 29.0 Å². The minimum absolute atomic E-state index is 0.212. The van der Waals surface area contributed by atoms with Gasteiger partial charge in [-0.05, 0) is 30.0 Å². The predicted octanol–water partition coefficient (Wildman–Crippen LogP) is 4.14. The van der Waals surface area contributed by atoms with E-state index in [4.69, 9.17) is 11.6 Å². The first-order valence-electron chi connectivity index (χ1n) is 5.91. The Morgan fingerprint density at radius 2 is 2.00 bits per heavy atom. The third-order valence-corrected chi connectivity index (χ3v) is 3.66. The summed E-state index contributed by atoms with van der Waals surface area (Å²) in [5.74, 6) is 0.921. The summed E-state index contributed by atoms with van der Waals surface area (Å²) in [5, 5.41) is 1.41. The van der Waals surface area contributed by atoms with E-state index in [2.05, 4.69) is 55.7 Å². The molecule has 18 heavy (non-hydrogen) atoms. The molecule has 3 nitrogen and oxygen atoms in total. The largest absolute Gasteiger partial charge is 0.358 e. The van der Waals surface area contributed by atoms with E-state index in [1.807, 2.05) is 0 Å². The van der Waals surface area contributed by atoms with Crippen molar-refractivity contribution in [3.8, 4) is 0 Å². The van der Waals surface area contributed by atoms with E-state index in [-0.39, 0.29) is 5.41 Å². The molecule has 0 amide bonds. The fraction of sp³-hybridized carbons (Fsp3) is 0.538. The monoisotopic (exact) mass is 283 g/mol. The first-order valence-corrected chi connectivity index (χ1v) is 7.10. The maximum Gasteiger partial charge on any atom is 0.225 e. The van der Waals surface area contributed by atoms with Crippen LogP contribution >= 0.6 is 22.9 Å². The van der Waals surface area contributed by atoms with Gasteiger partial charge in [-0.2, -0.15) is 4.98 Å². The number of aromatic nitrogens is 2. The molecule has 0 fully saturated rings. The van der Waals surface area contributed by atoms with Gasteiger partial charge < -0.3 is 4.90 Å². The summed E-state index contributed by atoms with van der Waals surface area (Å²) in [5.41, 5.74) is 0.212.